The summed E-state index contributed by atoms with van der Waals surface area (Å²) in [5.41, 5.74) is 6.43. The predicted molar refractivity (Wildman–Crippen MR) is 116 cm³/mol. The third kappa shape index (κ3) is 4.42. The average molecular weight is 412 g/mol. The van der Waals surface area contributed by atoms with Crippen LogP contribution in [0.25, 0.3) is 21.8 Å². The van der Waals surface area contributed by atoms with Crippen LogP contribution in [0.15, 0.2) is 35.7 Å². The van der Waals surface area contributed by atoms with Crippen molar-refractivity contribution in [3.05, 3.63) is 47.1 Å². The number of carbonyl (C=O) groups excluding carboxylic acids is 1. The number of quaternary nitrogens is 1. The van der Waals surface area contributed by atoms with Gasteiger partial charge in [0, 0.05) is 40.6 Å². The Kier molecular flexibility index (Phi) is 5.80. The van der Waals surface area contributed by atoms with Crippen LogP contribution in [-0.4, -0.2) is 48.3 Å². The van der Waals surface area contributed by atoms with Gasteiger partial charge in [-0.2, -0.15) is 0 Å². The molecule has 0 atom stereocenters. The quantitative estimate of drug-likeness (QED) is 0.677. The van der Waals surface area contributed by atoms with E-state index in [-0.39, 0.29) is 5.91 Å². The number of benzene rings is 1. The highest BCUT2D eigenvalue weighted by Gasteiger charge is 2.18. The van der Waals surface area contributed by atoms with Crippen molar-refractivity contribution in [2.45, 2.75) is 13.8 Å². The molecule has 1 saturated heterocycles. The van der Waals surface area contributed by atoms with Crippen molar-refractivity contribution in [2.75, 3.05) is 38.2 Å². The molecule has 0 saturated carbocycles. The maximum Gasteiger partial charge on any atom is 0.279 e. The van der Waals surface area contributed by atoms with Crippen LogP contribution >= 0.6 is 11.3 Å². The van der Waals surface area contributed by atoms with Crippen LogP contribution in [0.4, 0.5) is 5.69 Å². The van der Waals surface area contributed by atoms with Crippen LogP contribution in [0.2, 0.25) is 0 Å². The van der Waals surface area contributed by atoms with Gasteiger partial charge in [-0.15, -0.1) is 11.3 Å². The number of rotatable bonds is 5. The van der Waals surface area contributed by atoms with Gasteiger partial charge in [-0.05, 0) is 32.0 Å². The van der Waals surface area contributed by atoms with E-state index in [9.17, 15) is 4.79 Å². The second-order valence-corrected chi connectivity index (χ2v) is 8.41. The molecule has 0 unspecified atom stereocenters. The summed E-state index contributed by atoms with van der Waals surface area (Å²) in [5, 5.41) is 6.09. The summed E-state index contributed by atoms with van der Waals surface area (Å²) in [6, 6.07) is 10.1. The van der Waals surface area contributed by atoms with E-state index in [2.05, 4.69) is 42.2 Å². The highest BCUT2D eigenvalue weighted by Crippen LogP contribution is 2.32. The number of aryl methyl sites for hydroxylation is 1. The lowest BCUT2D eigenvalue weighted by atomic mass is 10.2. The highest BCUT2D eigenvalue weighted by atomic mass is 32.1. The topological polar surface area (TPSA) is 60.6 Å². The van der Waals surface area contributed by atoms with Crippen LogP contribution in [0.1, 0.15) is 11.4 Å². The third-order valence-corrected chi connectivity index (χ3v) is 6.45. The standard InChI is InChI=1S/C22H26N4O2S/c1-15-11-19(16(2)25(15)3)20-14-29-22(24-20)17-5-4-6-18(12-17)23-21(27)13-26-7-9-28-10-8-26/h4-6,11-12,14H,7-10,13H2,1-3H3,(H,23,27)/p+1. The lowest BCUT2D eigenvalue weighted by molar-refractivity contribution is -0.899. The lowest BCUT2D eigenvalue weighted by Gasteiger charge is -2.23. The smallest absolute Gasteiger partial charge is 0.279 e. The van der Waals surface area contributed by atoms with Crippen LogP contribution < -0.4 is 10.2 Å². The minimum Gasteiger partial charge on any atom is -0.370 e. The molecule has 3 aromatic rings. The number of hydrogen-bond acceptors (Lipinski definition) is 4. The SMILES string of the molecule is Cc1cc(-c2csc(-c3cccc(NC(=O)C[NH+]4CCOCC4)c3)n2)c(C)n1C. The fourth-order valence-electron chi connectivity index (χ4n) is 3.64. The normalized spacial score (nSPS) is 14.9. The van der Waals surface area contributed by atoms with Gasteiger partial charge in [-0.25, -0.2) is 4.98 Å². The Balaban J connectivity index is 1.48. The largest absolute Gasteiger partial charge is 0.370 e. The Hall–Kier alpha value is -2.48. The molecule has 4 rings (SSSR count). The lowest BCUT2D eigenvalue weighted by Crippen LogP contribution is -3.15. The van der Waals surface area contributed by atoms with Crippen molar-refractivity contribution in [1.29, 1.82) is 0 Å². The number of amides is 1. The van der Waals surface area contributed by atoms with Crippen molar-refractivity contribution in [1.82, 2.24) is 9.55 Å². The van der Waals surface area contributed by atoms with Crippen LogP contribution in [-0.2, 0) is 16.6 Å². The van der Waals surface area contributed by atoms with E-state index >= 15 is 0 Å². The van der Waals surface area contributed by atoms with Gasteiger partial charge in [0.1, 0.15) is 18.1 Å². The Bertz CT molecular complexity index is 1020. The van der Waals surface area contributed by atoms with Crippen molar-refractivity contribution in [3.63, 3.8) is 0 Å². The van der Waals surface area contributed by atoms with E-state index in [4.69, 9.17) is 9.72 Å². The molecule has 7 heteroatoms. The summed E-state index contributed by atoms with van der Waals surface area (Å²) in [7, 11) is 2.08. The fourth-order valence-corrected chi connectivity index (χ4v) is 4.46. The van der Waals surface area contributed by atoms with Crippen molar-refractivity contribution in [3.8, 4) is 21.8 Å². The van der Waals surface area contributed by atoms with Gasteiger partial charge in [0.25, 0.3) is 5.91 Å². The maximum absolute atomic E-state index is 12.4. The third-order valence-electron chi connectivity index (χ3n) is 5.56. The minimum atomic E-state index is 0.0364. The van der Waals surface area contributed by atoms with E-state index in [1.54, 1.807) is 11.3 Å². The average Bonchev–Trinajstić information content (AvgIpc) is 3.30. The first-order valence-electron chi connectivity index (χ1n) is 9.91. The second-order valence-electron chi connectivity index (χ2n) is 7.55. The monoisotopic (exact) mass is 411 g/mol. The zero-order valence-electron chi connectivity index (χ0n) is 17.1. The van der Waals surface area contributed by atoms with E-state index in [0.717, 1.165) is 48.3 Å². The van der Waals surface area contributed by atoms with Gasteiger partial charge in [0.2, 0.25) is 0 Å². The molecule has 1 fully saturated rings. The van der Waals surface area contributed by atoms with Crippen LogP contribution in [0, 0.1) is 13.8 Å². The first-order chi connectivity index (χ1) is 14.0. The zero-order valence-corrected chi connectivity index (χ0v) is 17.9. The number of carbonyl (C=O) groups is 1. The molecule has 1 aliphatic heterocycles. The summed E-state index contributed by atoms with van der Waals surface area (Å²) in [6.45, 7) is 7.92. The molecule has 0 bridgehead atoms. The molecule has 1 aromatic carbocycles. The fraction of sp³-hybridized carbons (Fsp3) is 0.364. The molecular formula is C22H27N4O2S+. The summed E-state index contributed by atoms with van der Waals surface area (Å²) in [5.74, 6) is 0.0364. The van der Waals surface area contributed by atoms with Crippen molar-refractivity contribution < 1.29 is 14.4 Å². The molecule has 0 radical (unpaired) electrons. The van der Waals surface area contributed by atoms with Gasteiger partial charge in [-0.1, -0.05) is 12.1 Å². The Labute approximate surface area is 175 Å². The number of nitrogens with one attached hydrogen (secondary N) is 2. The van der Waals surface area contributed by atoms with Gasteiger partial charge >= 0.3 is 0 Å². The van der Waals surface area contributed by atoms with Crippen molar-refractivity contribution >= 4 is 22.9 Å². The number of aromatic nitrogens is 2. The molecule has 29 heavy (non-hydrogen) atoms. The number of thiazole rings is 1. The Morgan fingerprint density at radius 3 is 2.79 bits per heavy atom. The van der Waals surface area contributed by atoms with E-state index in [1.165, 1.54) is 21.9 Å². The first kappa shape index (κ1) is 19.8. The number of hydrogen-bond donors (Lipinski definition) is 2. The zero-order chi connectivity index (χ0) is 20.4. The molecule has 152 valence electrons. The summed E-state index contributed by atoms with van der Waals surface area (Å²) >= 11 is 1.63. The van der Waals surface area contributed by atoms with Crippen LogP contribution in [0.5, 0.6) is 0 Å². The molecular weight excluding hydrogens is 384 g/mol. The molecule has 2 N–H and O–H groups in total. The first-order valence-corrected chi connectivity index (χ1v) is 10.8. The summed E-state index contributed by atoms with van der Waals surface area (Å²) < 4.78 is 7.54. The predicted octanol–water partition coefficient (Wildman–Crippen LogP) is 2.29. The molecule has 1 amide bonds. The van der Waals surface area contributed by atoms with E-state index in [1.807, 2.05) is 24.3 Å². The van der Waals surface area contributed by atoms with Gasteiger partial charge in [0.15, 0.2) is 6.54 Å². The van der Waals surface area contributed by atoms with Crippen molar-refractivity contribution in [2.24, 2.45) is 7.05 Å². The highest BCUT2D eigenvalue weighted by molar-refractivity contribution is 7.13. The number of ether oxygens (including phenoxy) is 1. The molecule has 2 aromatic heterocycles. The minimum absolute atomic E-state index is 0.0364. The van der Waals surface area contributed by atoms with Gasteiger partial charge in [-0.3, -0.25) is 4.79 Å². The Morgan fingerprint density at radius 1 is 1.28 bits per heavy atom. The Morgan fingerprint density at radius 2 is 2.07 bits per heavy atom. The van der Waals surface area contributed by atoms with E-state index < -0.39 is 0 Å². The van der Waals surface area contributed by atoms with Gasteiger partial charge in [0.05, 0.1) is 18.9 Å². The number of morpholine rings is 1. The van der Waals surface area contributed by atoms with E-state index in [0.29, 0.717) is 6.54 Å². The molecule has 1 aliphatic rings. The molecule has 6 nitrogen and oxygen atoms in total. The summed E-state index contributed by atoms with van der Waals surface area (Å²) in [4.78, 5) is 18.5. The number of nitrogens with zero attached hydrogens (tertiary/aromatic N) is 2. The number of anilines is 1. The molecule has 0 spiro atoms. The summed E-state index contributed by atoms with van der Waals surface area (Å²) in [6.07, 6.45) is 0. The second kappa shape index (κ2) is 8.49. The molecule has 3 heterocycles. The van der Waals surface area contributed by atoms with Gasteiger partial charge < -0.3 is 19.5 Å². The molecule has 0 aliphatic carbocycles. The maximum atomic E-state index is 12.4. The van der Waals surface area contributed by atoms with Crippen LogP contribution in [0.3, 0.4) is 0 Å².